The molecule has 0 radical (unpaired) electrons. The van der Waals surface area contributed by atoms with E-state index in [4.69, 9.17) is 0 Å². The highest BCUT2D eigenvalue weighted by atomic mass is 19.4. The van der Waals surface area contributed by atoms with Crippen LogP contribution < -0.4 is 15.0 Å². The van der Waals surface area contributed by atoms with Crippen LogP contribution in [0, 0.1) is 0 Å². The number of nitrogens with zero attached hydrogens (tertiary/aromatic N) is 1. The van der Waals surface area contributed by atoms with Crippen molar-refractivity contribution in [3.8, 4) is 5.75 Å². The highest BCUT2D eigenvalue weighted by Gasteiger charge is 2.31. The van der Waals surface area contributed by atoms with Crippen LogP contribution >= 0.6 is 0 Å². The minimum absolute atomic E-state index is 0.255. The molecule has 7 heteroatoms. The van der Waals surface area contributed by atoms with E-state index in [2.05, 4.69) is 15.0 Å². The number of anilines is 2. The summed E-state index contributed by atoms with van der Waals surface area (Å²) in [5.41, 5.74) is 1.89. The average Bonchev–Trinajstić information content (AvgIpc) is 3.09. The van der Waals surface area contributed by atoms with Crippen LogP contribution in [0.4, 0.5) is 24.5 Å². The van der Waals surface area contributed by atoms with Gasteiger partial charge in [-0.25, -0.2) is 0 Å². The molecule has 1 aliphatic rings. The van der Waals surface area contributed by atoms with E-state index < -0.39 is 6.36 Å². The molecule has 25 heavy (non-hydrogen) atoms. The molecule has 0 aliphatic carbocycles. The van der Waals surface area contributed by atoms with Gasteiger partial charge in [-0.3, -0.25) is 4.79 Å². The fourth-order valence-electron chi connectivity index (χ4n) is 2.82. The molecule has 1 fully saturated rings. The fraction of sp³-hybridized carbons (Fsp3) is 0.278. The van der Waals surface area contributed by atoms with E-state index in [1.807, 2.05) is 24.3 Å². The molecule has 0 atom stereocenters. The first-order valence-electron chi connectivity index (χ1n) is 7.93. The second-order valence-electron chi connectivity index (χ2n) is 5.74. The molecule has 1 aliphatic heterocycles. The smallest absolute Gasteiger partial charge is 0.406 e. The van der Waals surface area contributed by atoms with Crippen LogP contribution in [0.1, 0.15) is 23.2 Å². The summed E-state index contributed by atoms with van der Waals surface area (Å²) in [4.78, 5) is 14.6. The number of benzene rings is 2. The zero-order valence-electron chi connectivity index (χ0n) is 13.3. The van der Waals surface area contributed by atoms with Crippen molar-refractivity contribution in [3.63, 3.8) is 0 Å². The molecule has 0 saturated carbocycles. The Hall–Kier alpha value is -2.70. The lowest BCUT2D eigenvalue weighted by molar-refractivity contribution is -0.274. The largest absolute Gasteiger partial charge is 0.573 e. The summed E-state index contributed by atoms with van der Waals surface area (Å²) in [7, 11) is 0. The van der Waals surface area contributed by atoms with E-state index in [9.17, 15) is 18.0 Å². The topological polar surface area (TPSA) is 41.6 Å². The number of carbonyl (C=O) groups is 1. The van der Waals surface area contributed by atoms with Crippen LogP contribution in [0.25, 0.3) is 0 Å². The number of para-hydroxylation sites is 2. The number of rotatable bonds is 4. The van der Waals surface area contributed by atoms with Gasteiger partial charge in [0.2, 0.25) is 0 Å². The summed E-state index contributed by atoms with van der Waals surface area (Å²) < 4.78 is 40.3. The average molecular weight is 350 g/mol. The normalized spacial score (nSPS) is 14.4. The Morgan fingerprint density at radius 2 is 1.64 bits per heavy atom. The molecule has 1 N–H and O–H groups in total. The highest BCUT2D eigenvalue weighted by molar-refractivity contribution is 6.06. The third-order valence-corrected chi connectivity index (χ3v) is 3.95. The summed E-state index contributed by atoms with van der Waals surface area (Å²) in [6.07, 6.45) is -2.52. The molecule has 3 rings (SSSR count). The molecule has 1 heterocycles. The predicted molar refractivity (Wildman–Crippen MR) is 89.0 cm³/mol. The second kappa shape index (κ2) is 7.04. The van der Waals surface area contributed by atoms with Gasteiger partial charge < -0.3 is 15.0 Å². The zero-order valence-corrected chi connectivity index (χ0v) is 13.3. The standard InChI is InChI=1S/C18H17F3N2O2/c19-18(20,21)25-14-9-7-13(8-10-14)17(24)22-15-5-1-2-6-16(15)23-11-3-4-12-23/h1-2,5-10H,3-4,11-12H2,(H,22,24). The molecular formula is C18H17F3N2O2. The van der Waals surface area contributed by atoms with E-state index in [1.165, 1.54) is 12.1 Å². The minimum atomic E-state index is -4.75. The number of halogens is 3. The van der Waals surface area contributed by atoms with E-state index in [1.54, 1.807) is 0 Å². The minimum Gasteiger partial charge on any atom is -0.406 e. The van der Waals surface area contributed by atoms with Gasteiger partial charge in [0.25, 0.3) is 5.91 Å². The summed E-state index contributed by atoms with van der Waals surface area (Å²) in [6.45, 7) is 1.88. The number of nitrogens with one attached hydrogen (secondary N) is 1. The Bertz CT molecular complexity index is 739. The Balaban J connectivity index is 1.72. The van der Waals surface area contributed by atoms with Crippen molar-refractivity contribution in [2.75, 3.05) is 23.3 Å². The van der Waals surface area contributed by atoms with Gasteiger partial charge in [-0.15, -0.1) is 13.2 Å². The molecule has 2 aromatic rings. The van der Waals surface area contributed by atoms with E-state index >= 15 is 0 Å². The van der Waals surface area contributed by atoms with Gasteiger partial charge in [-0.2, -0.15) is 0 Å². The van der Waals surface area contributed by atoms with Crippen LogP contribution in [0.2, 0.25) is 0 Å². The number of carbonyl (C=O) groups excluding carboxylic acids is 1. The van der Waals surface area contributed by atoms with Crippen molar-refractivity contribution in [1.82, 2.24) is 0 Å². The molecule has 4 nitrogen and oxygen atoms in total. The number of alkyl halides is 3. The Morgan fingerprint density at radius 1 is 1.00 bits per heavy atom. The van der Waals surface area contributed by atoms with Crippen molar-refractivity contribution >= 4 is 17.3 Å². The third-order valence-electron chi connectivity index (χ3n) is 3.95. The van der Waals surface area contributed by atoms with Gasteiger partial charge in [0.1, 0.15) is 5.75 Å². The van der Waals surface area contributed by atoms with Crippen molar-refractivity contribution in [2.45, 2.75) is 19.2 Å². The molecule has 0 bridgehead atoms. The van der Waals surface area contributed by atoms with Crippen molar-refractivity contribution in [3.05, 3.63) is 54.1 Å². The van der Waals surface area contributed by atoms with E-state index in [-0.39, 0.29) is 17.2 Å². The van der Waals surface area contributed by atoms with Gasteiger partial charge >= 0.3 is 6.36 Å². The summed E-state index contributed by atoms with van der Waals surface area (Å²) in [6, 6.07) is 12.3. The maximum atomic E-state index is 12.4. The first-order valence-corrected chi connectivity index (χ1v) is 7.93. The number of amides is 1. The van der Waals surface area contributed by atoms with Crippen molar-refractivity contribution in [1.29, 1.82) is 0 Å². The van der Waals surface area contributed by atoms with Gasteiger partial charge in [0.15, 0.2) is 0 Å². The molecule has 0 spiro atoms. The van der Waals surface area contributed by atoms with Crippen LogP contribution in [-0.4, -0.2) is 25.4 Å². The SMILES string of the molecule is O=C(Nc1ccccc1N1CCCC1)c1ccc(OC(F)(F)F)cc1. The highest BCUT2D eigenvalue weighted by Crippen LogP contribution is 2.29. The lowest BCUT2D eigenvalue weighted by Gasteiger charge is -2.21. The number of hydrogen-bond donors (Lipinski definition) is 1. The lowest BCUT2D eigenvalue weighted by atomic mass is 10.2. The van der Waals surface area contributed by atoms with Gasteiger partial charge in [0, 0.05) is 18.7 Å². The number of hydrogen-bond acceptors (Lipinski definition) is 3. The van der Waals surface area contributed by atoms with E-state index in [0.717, 1.165) is 43.8 Å². The Labute approximate surface area is 143 Å². The van der Waals surface area contributed by atoms with Crippen LogP contribution in [0.3, 0.4) is 0 Å². The monoisotopic (exact) mass is 350 g/mol. The molecule has 132 valence electrons. The molecule has 1 saturated heterocycles. The molecule has 0 aromatic heterocycles. The lowest BCUT2D eigenvalue weighted by Crippen LogP contribution is -2.21. The van der Waals surface area contributed by atoms with Gasteiger partial charge in [-0.1, -0.05) is 12.1 Å². The summed E-state index contributed by atoms with van der Waals surface area (Å²) in [5, 5.41) is 2.83. The summed E-state index contributed by atoms with van der Waals surface area (Å²) in [5.74, 6) is -0.744. The Kier molecular flexibility index (Phi) is 4.83. The maximum Gasteiger partial charge on any atom is 0.573 e. The van der Waals surface area contributed by atoms with Gasteiger partial charge in [-0.05, 0) is 49.2 Å². The fourth-order valence-corrected chi connectivity index (χ4v) is 2.82. The van der Waals surface area contributed by atoms with Gasteiger partial charge in [0.05, 0.1) is 11.4 Å². The zero-order chi connectivity index (χ0) is 17.9. The van der Waals surface area contributed by atoms with Crippen molar-refractivity contribution < 1.29 is 22.7 Å². The number of ether oxygens (including phenoxy) is 1. The van der Waals surface area contributed by atoms with Crippen LogP contribution in [-0.2, 0) is 0 Å². The maximum absolute atomic E-state index is 12.4. The summed E-state index contributed by atoms with van der Waals surface area (Å²) >= 11 is 0. The molecule has 2 aromatic carbocycles. The molecular weight excluding hydrogens is 333 g/mol. The van der Waals surface area contributed by atoms with E-state index in [0.29, 0.717) is 5.69 Å². The van der Waals surface area contributed by atoms with Crippen LogP contribution in [0.5, 0.6) is 5.75 Å². The first kappa shape index (κ1) is 17.1. The second-order valence-corrected chi connectivity index (χ2v) is 5.74. The van der Waals surface area contributed by atoms with Crippen molar-refractivity contribution in [2.24, 2.45) is 0 Å². The molecule has 1 amide bonds. The molecule has 0 unspecified atom stereocenters. The van der Waals surface area contributed by atoms with Crippen LogP contribution in [0.15, 0.2) is 48.5 Å². The third kappa shape index (κ3) is 4.43. The Morgan fingerprint density at radius 3 is 2.28 bits per heavy atom. The quantitative estimate of drug-likeness (QED) is 0.886. The predicted octanol–water partition coefficient (Wildman–Crippen LogP) is 4.44. The first-order chi connectivity index (χ1) is 11.9.